The fourth-order valence-electron chi connectivity index (χ4n) is 4.55. The molecule has 0 aliphatic heterocycles. The Morgan fingerprint density at radius 3 is 2.50 bits per heavy atom. The number of hydrogen-bond acceptors (Lipinski definition) is 4. The lowest BCUT2D eigenvalue weighted by atomic mass is 9.62. The van der Waals surface area contributed by atoms with Gasteiger partial charge >= 0.3 is 0 Å². The molecular formula is C20H32O4. The highest BCUT2D eigenvalue weighted by atomic mass is 16.5. The van der Waals surface area contributed by atoms with Crippen LogP contribution in [-0.4, -0.2) is 35.6 Å². The van der Waals surface area contributed by atoms with Gasteiger partial charge in [0.25, 0.3) is 0 Å². The predicted octanol–water partition coefficient (Wildman–Crippen LogP) is 3.70. The summed E-state index contributed by atoms with van der Waals surface area (Å²) < 4.78 is 10.9. The fourth-order valence-corrected chi connectivity index (χ4v) is 4.55. The molecule has 0 amide bonds. The molecule has 3 rings (SSSR count). The highest BCUT2D eigenvalue weighted by Gasteiger charge is 2.38. The maximum atomic E-state index is 9.40. The Bertz CT molecular complexity index is 452. The van der Waals surface area contributed by atoms with Crippen LogP contribution in [0.4, 0.5) is 0 Å². The van der Waals surface area contributed by atoms with Crippen molar-refractivity contribution in [3.63, 3.8) is 0 Å². The van der Waals surface area contributed by atoms with Gasteiger partial charge in [-0.1, -0.05) is 0 Å². The summed E-state index contributed by atoms with van der Waals surface area (Å²) in [6, 6.07) is 2.08. The highest BCUT2D eigenvalue weighted by Crippen LogP contribution is 2.49. The van der Waals surface area contributed by atoms with E-state index < -0.39 is 6.10 Å². The lowest BCUT2D eigenvalue weighted by Gasteiger charge is -2.45. The Kier molecular flexibility index (Phi) is 6.37. The highest BCUT2D eigenvalue weighted by molar-refractivity contribution is 5.05. The molecule has 24 heavy (non-hydrogen) atoms. The number of furan rings is 1. The van der Waals surface area contributed by atoms with E-state index in [1.807, 2.05) is 6.26 Å². The SMILES string of the molecule is OCC(O)COC1CCC2(CCC(CCc3ccoc3)CC2)CC1. The van der Waals surface area contributed by atoms with E-state index in [0.717, 1.165) is 25.2 Å². The maximum Gasteiger partial charge on any atom is 0.100 e. The van der Waals surface area contributed by atoms with Crippen LogP contribution in [0, 0.1) is 11.3 Å². The standard InChI is InChI=1S/C20H32O4/c21-13-18(22)15-24-19-5-10-20(11-6-19)8-3-16(4-9-20)1-2-17-7-12-23-14-17/h7,12,14,16,18-19,21-22H,1-6,8-11,13,15H2. The van der Waals surface area contributed by atoms with Gasteiger partial charge in [-0.15, -0.1) is 0 Å². The summed E-state index contributed by atoms with van der Waals surface area (Å²) in [6.07, 6.45) is 15.9. The summed E-state index contributed by atoms with van der Waals surface area (Å²) >= 11 is 0. The van der Waals surface area contributed by atoms with E-state index >= 15 is 0 Å². The summed E-state index contributed by atoms with van der Waals surface area (Å²) in [5.74, 6) is 0.874. The zero-order valence-corrected chi connectivity index (χ0v) is 14.7. The molecule has 4 nitrogen and oxygen atoms in total. The molecule has 0 radical (unpaired) electrons. The normalized spacial score (nSPS) is 32.1. The smallest absolute Gasteiger partial charge is 0.100 e. The van der Waals surface area contributed by atoms with Crippen LogP contribution in [0.3, 0.4) is 0 Å². The van der Waals surface area contributed by atoms with E-state index in [1.165, 1.54) is 50.5 Å². The van der Waals surface area contributed by atoms with Crippen molar-refractivity contribution in [2.75, 3.05) is 13.2 Å². The van der Waals surface area contributed by atoms with Crippen molar-refractivity contribution in [1.82, 2.24) is 0 Å². The zero-order valence-electron chi connectivity index (χ0n) is 14.7. The third-order valence-electron chi connectivity index (χ3n) is 6.32. The van der Waals surface area contributed by atoms with Gasteiger partial charge in [-0.25, -0.2) is 0 Å². The van der Waals surface area contributed by atoms with Crippen molar-refractivity contribution in [1.29, 1.82) is 0 Å². The van der Waals surface area contributed by atoms with Crippen molar-refractivity contribution >= 4 is 0 Å². The second-order valence-electron chi connectivity index (χ2n) is 7.98. The van der Waals surface area contributed by atoms with Gasteiger partial charge in [0, 0.05) is 0 Å². The quantitative estimate of drug-likeness (QED) is 0.797. The lowest BCUT2D eigenvalue weighted by molar-refractivity contribution is -0.0598. The first-order valence-corrected chi connectivity index (χ1v) is 9.61. The Morgan fingerprint density at radius 1 is 1.17 bits per heavy atom. The fraction of sp³-hybridized carbons (Fsp3) is 0.800. The molecule has 1 aromatic rings. The van der Waals surface area contributed by atoms with Crippen LogP contribution in [0.15, 0.2) is 23.0 Å². The zero-order chi connectivity index (χ0) is 16.8. The Morgan fingerprint density at radius 2 is 1.88 bits per heavy atom. The van der Waals surface area contributed by atoms with Gasteiger partial charge in [0.15, 0.2) is 0 Å². The van der Waals surface area contributed by atoms with Crippen LogP contribution in [-0.2, 0) is 11.2 Å². The molecular weight excluding hydrogens is 304 g/mol. The van der Waals surface area contributed by atoms with Gasteiger partial charge in [-0.3, -0.25) is 0 Å². The topological polar surface area (TPSA) is 62.8 Å². The number of rotatable bonds is 7. The molecule has 0 aromatic carbocycles. The molecule has 2 fully saturated rings. The van der Waals surface area contributed by atoms with Gasteiger partial charge < -0.3 is 19.4 Å². The van der Waals surface area contributed by atoms with Gasteiger partial charge in [0.05, 0.1) is 31.8 Å². The minimum Gasteiger partial charge on any atom is -0.472 e. The van der Waals surface area contributed by atoms with Gasteiger partial charge in [0.2, 0.25) is 0 Å². The van der Waals surface area contributed by atoms with Crippen molar-refractivity contribution < 1.29 is 19.4 Å². The number of aliphatic hydroxyl groups is 2. The van der Waals surface area contributed by atoms with Crippen LogP contribution in [0.5, 0.6) is 0 Å². The molecule has 1 aromatic heterocycles. The molecule has 2 aliphatic rings. The van der Waals surface area contributed by atoms with Gasteiger partial charge in [0.1, 0.15) is 6.10 Å². The molecule has 0 saturated heterocycles. The second kappa shape index (κ2) is 8.50. The first-order valence-electron chi connectivity index (χ1n) is 9.61. The molecule has 2 aliphatic carbocycles. The van der Waals surface area contributed by atoms with Crippen LogP contribution in [0.25, 0.3) is 0 Å². The Balaban J connectivity index is 1.35. The molecule has 2 saturated carbocycles. The lowest BCUT2D eigenvalue weighted by Crippen LogP contribution is -2.35. The number of aliphatic hydroxyl groups excluding tert-OH is 2. The number of aryl methyl sites for hydroxylation is 1. The molecule has 1 atom stereocenters. The predicted molar refractivity (Wildman–Crippen MR) is 92.7 cm³/mol. The largest absolute Gasteiger partial charge is 0.472 e. The van der Waals surface area contributed by atoms with E-state index in [2.05, 4.69) is 6.07 Å². The molecule has 2 N–H and O–H groups in total. The summed E-state index contributed by atoms with van der Waals surface area (Å²) in [5, 5.41) is 18.3. The van der Waals surface area contributed by atoms with Crippen LogP contribution in [0.2, 0.25) is 0 Å². The molecule has 1 heterocycles. The van der Waals surface area contributed by atoms with E-state index in [1.54, 1.807) is 6.26 Å². The third-order valence-corrected chi connectivity index (χ3v) is 6.32. The van der Waals surface area contributed by atoms with E-state index in [9.17, 15) is 5.11 Å². The van der Waals surface area contributed by atoms with Crippen LogP contribution in [0.1, 0.15) is 63.4 Å². The summed E-state index contributed by atoms with van der Waals surface area (Å²) in [6.45, 7) is 0.0567. The van der Waals surface area contributed by atoms with Crippen molar-refractivity contribution in [2.45, 2.75) is 76.4 Å². The van der Waals surface area contributed by atoms with E-state index in [-0.39, 0.29) is 19.3 Å². The van der Waals surface area contributed by atoms with Gasteiger partial charge in [-0.05, 0) is 87.2 Å². The van der Waals surface area contributed by atoms with E-state index in [4.69, 9.17) is 14.3 Å². The average molecular weight is 336 g/mol. The Hall–Kier alpha value is -0.840. The first-order chi connectivity index (χ1) is 11.7. The maximum absolute atomic E-state index is 9.40. The molecule has 4 heteroatoms. The minimum absolute atomic E-state index is 0.211. The van der Waals surface area contributed by atoms with Crippen molar-refractivity contribution in [3.8, 4) is 0 Å². The molecule has 1 unspecified atom stereocenters. The minimum atomic E-state index is -0.730. The molecule has 1 spiro atoms. The van der Waals surface area contributed by atoms with Crippen molar-refractivity contribution in [2.24, 2.45) is 11.3 Å². The summed E-state index contributed by atoms with van der Waals surface area (Å²) in [5.41, 5.74) is 1.89. The van der Waals surface area contributed by atoms with Crippen LogP contribution < -0.4 is 0 Å². The van der Waals surface area contributed by atoms with Gasteiger partial charge in [-0.2, -0.15) is 0 Å². The summed E-state index contributed by atoms with van der Waals surface area (Å²) in [4.78, 5) is 0. The molecule has 136 valence electrons. The van der Waals surface area contributed by atoms with Crippen molar-refractivity contribution in [3.05, 3.63) is 24.2 Å². The number of ether oxygens (including phenoxy) is 1. The third kappa shape index (κ3) is 4.84. The average Bonchev–Trinajstić information content (AvgIpc) is 3.14. The first kappa shape index (κ1) is 18.0. The van der Waals surface area contributed by atoms with Crippen LogP contribution >= 0.6 is 0 Å². The molecule has 0 bridgehead atoms. The number of hydrogen-bond donors (Lipinski definition) is 2. The second-order valence-corrected chi connectivity index (χ2v) is 7.98. The monoisotopic (exact) mass is 336 g/mol. The summed E-state index contributed by atoms with van der Waals surface area (Å²) in [7, 11) is 0. The van der Waals surface area contributed by atoms with E-state index in [0.29, 0.717) is 5.41 Å². The Labute approximate surface area is 145 Å².